The number of esters is 1. The Morgan fingerprint density at radius 1 is 0.980 bits per heavy atom. The van der Waals surface area contributed by atoms with Gasteiger partial charge in [0, 0.05) is 81.1 Å². The summed E-state index contributed by atoms with van der Waals surface area (Å²) < 4.78 is 38.1. The van der Waals surface area contributed by atoms with E-state index in [2.05, 4.69) is 14.8 Å². The molecule has 2 aliphatic heterocycles. The first kappa shape index (κ1) is 33.5. The molecule has 4 aromatic rings. The molecule has 262 valence electrons. The third kappa shape index (κ3) is 6.39. The molecule has 0 radical (unpaired) electrons. The number of carbonyl (C=O) groups excluding carboxylic acids is 2. The number of carbonyl (C=O) groups is 2. The van der Waals surface area contributed by atoms with E-state index in [4.69, 9.17) is 4.74 Å². The molecule has 3 aliphatic rings. The summed E-state index contributed by atoms with van der Waals surface area (Å²) in [6, 6.07) is 13.7. The van der Waals surface area contributed by atoms with E-state index in [0.29, 0.717) is 53.4 Å². The van der Waals surface area contributed by atoms with Crippen molar-refractivity contribution >= 4 is 34.6 Å². The van der Waals surface area contributed by atoms with Crippen LogP contribution in [0.4, 0.5) is 31.5 Å². The molecule has 10 nitrogen and oxygen atoms in total. The average molecular weight is 685 g/mol. The van der Waals surface area contributed by atoms with Crippen molar-refractivity contribution in [1.82, 2.24) is 14.0 Å². The van der Waals surface area contributed by atoms with Crippen LogP contribution in [0.5, 0.6) is 0 Å². The summed E-state index contributed by atoms with van der Waals surface area (Å²) >= 11 is 0. The highest BCUT2D eigenvalue weighted by Gasteiger charge is 2.32. The maximum atomic E-state index is 15.6. The van der Waals surface area contributed by atoms with Gasteiger partial charge in [-0.15, -0.1) is 0 Å². The van der Waals surface area contributed by atoms with E-state index in [-0.39, 0.29) is 29.8 Å². The Kier molecular flexibility index (Phi) is 9.21. The van der Waals surface area contributed by atoms with E-state index >= 15 is 4.39 Å². The summed E-state index contributed by atoms with van der Waals surface area (Å²) in [5.41, 5.74) is 6.30. The number of fused-ring (bicyclic) bond motifs is 3. The Hall–Kier alpha value is -4.97. The first-order valence-corrected chi connectivity index (χ1v) is 17.2. The second-order valence-corrected chi connectivity index (χ2v) is 13.5. The highest BCUT2D eigenvalue weighted by atomic mass is 19.1. The molecular formula is C38H42F2N6O4. The number of aromatic nitrogens is 2. The summed E-state index contributed by atoms with van der Waals surface area (Å²) in [5, 5.41) is 3.22. The highest BCUT2D eigenvalue weighted by Crippen LogP contribution is 2.37. The van der Waals surface area contributed by atoms with Crippen LogP contribution in [0.25, 0.3) is 11.1 Å². The molecule has 2 aromatic carbocycles. The van der Waals surface area contributed by atoms with Crippen LogP contribution in [-0.2, 0) is 42.6 Å². The fourth-order valence-corrected chi connectivity index (χ4v) is 7.52. The number of pyridine rings is 1. The predicted molar refractivity (Wildman–Crippen MR) is 190 cm³/mol. The first-order valence-electron chi connectivity index (χ1n) is 17.2. The SMILES string of the molecule is CC(=O)OCc1c(-c2cc(Nc3ccc(N4CCN(C)C(CF)C4)cc3)c(=O)n(C)c2)cc(F)cc1N1CCn2c(cc3c2CCCC3)C1=O. The molecule has 50 heavy (non-hydrogen) atoms. The molecule has 0 saturated carbocycles. The maximum absolute atomic E-state index is 15.6. The summed E-state index contributed by atoms with van der Waals surface area (Å²) in [5.74, 6) is -1.30. The van der Waals surface area contributed by atoms with Crippen molar-refractivity contribution in [2.75, 3.05) is 55.0 Å². The number of likely N-dealkylation sites (N-methyl/N-ethyl adjacent to an activating group) is 1. The summed E-state index contributed by atoms with van der Waals surface area (Å²) in [7, 11) is 3.55. The lowest BCUT2D eigenvalue weighted by Crippen LogP contribution is -2.52. The predicted octanol–water partition coefficient (Wildman–Crippen LogP) is 5.43. The lowest BCUT2D eigenvalue weighted by molar-refractivity contribution is -0.142. The van der Waals surface area contributed by atoms with Gasteiger partial charge in [0.2, 0.25) is 0 Å². The second kappa shape index (κ2) is 13.7. The topological polar surface area (TPSA) is 92.0 Å². The fourth-order valence-electron chi connectivity index (χ4n) is 7.52. The zero-order valence-corrected chi connectivity index (χ0v) is 28.7. The van der Waals surface area contributed by atoms with Gasteiger partial charge in [-0.3, -0.25) is 19.3 Å². The van der Waals surface area contributed by atoms with E-state index in [9.17, 15) is 18.8 Å². The van der Waals surface area contributed by atoms with Gasteiger partial charge >= 0.3 is 5.97 Å². The smallest absolute Gasteiger partial charge is 0.302 e. The number of hydrogen-bond donors (Lipinski definition) is 1. The zero-order valence-electron chi connectivity index (χ0n) is 28.7. The van der Waals surface area contributed by atoms with E-state index in [1.54, 1.807) is 24.2 Å². The van der Waals surface area contributed by atoms with E-state index in [1.807, 2.05) is 42.3 Å². The monoisotopic (exact) mass is 684 g/mol. The fraction of sp³-hybridized carbons (Fsp3) is 0.395. The number of anilines is 4. The molecule has 1 aliphatic carbocycles. The van der Waals surface area contributed by atoms with Gasteiger partial charge in [0.15, 0.2) is 0 Å². The van der Waals surface area contributed by atoms with E-state index in [1.165, 1.54) is 34.9 Å². The summed E-state index contributed by atoms with van der Waals surface area (Å²) in [6.07, 6.45) is 5.67. The Morgan fingerprint density at radius 2 is 1.76 bits per heavy atom. The van der Waals surface area contributed by atoms with Crippen molar-refractivity contribution in [3.05, 3.63) is 93.4 Å². The molecule has 1 amide bonds. The number of nitrogens with zero attached hydrogens (tertiary/aromatic N) is 5. The minimum Gasteiger partial charge on any atom is -0.461 e. The van der Waals surface area contributed by atoms with Gasteiger partial charge in [0.05, 0.1) is 11.7 Å². The Labute approximate surface area is 289 Å². The van der Waals surface area contributed by atoms with Crippen molar-refractivity contribution in [1.29, 1.82) is 0 Å². The molecule has 0 spiro atoms. The van der Waals surface area contributed by atoms with Gasteiger partial charge in [-0.1, -0.05) is 0 Å². The van der Waals surface area contributed by atoms with Gasteiger partial charge in [-0.25, -0.2) is 8.78 Å². The number of rotatable bonds is 8. The Bertz CT molecular complexity index is 2010. The quantitative estimate of drug-likeness (QED) is 0.248. The second-order valence-electron chi connectivity index (χ2n) is 13.5. The molecule has 1 unspecified atom stereocenters. The number of aryl methyl sites for hydroxylation is 2. The van der Waals surface area contributed by atoms with Crippen LogP contribution >= 0.6 is 0 Å². The largest absolute Gasteiger partial charge is 0.461 e. The van der Waals surface area contributed by atoms with Crippen LogP contribution in [0, 0.1) is 5.82 Å². The maximum Gasteiger partial charge on any atom is 0.302 e. The average Bonchev–Trinajstić information content (AvgIpc) is 3.50. The molecular weight excluding hydrogens is 642 g/mol. The minimum atomic E-state index is -0.563. The van der Waals surface area contributed by atoms with Crippen LogP contribution in [0.3, 0.4) is 0 Å². The molecule has 4 heterocycles. The van der Waals surface area contributed by atoms with Crippen LogP contribution in [0.15, 0.2) is 59.5 Å². The number of piperazine rings is 1. The molecule has 0 bridgehead atoms. The van der Waals surface area contributed by atoms with Crippen molar-refractivity contribution in [2.45, 2.75) is 51.8 Å². The Balaban J connectivity index is 1.22. The third-order valence-corrected chi connectivity index (χ3v) is 10.3. The summed E-state index contributed by atoms with van der Waals surface area (Å²) in [4.78, 5) is 45.1. The molecule has 1 N–H and O–H groups in total. The number of alkyl halides is 1. The van der Waals surface area contributed by atoms with Crippen LogP contribution < -0.4 is 20.7 Å². The van der Waals surface area contributed by atoms with Crippen molar-refractivity contribution < 1.29 is 23.1 Å². The highest BCUT2D eigenvalue weighted by molar-refractivity contribution is 6.07. The van der Waals surface area contributed by atoms with Crippen molar-refractivity contribution in [3.63, 3.8) is 0 Å². The number of amides is 1. The standard InChI is InChI=1S/C38H42F2N6O4/c1-24(47)50-23-32-31(18-27(40)19-35(32)46-15-14-45-34-7-5-4-6-25(34)17-36(45)38(46)49)26-16-33(37(48)43(3)21-26)41-28-8-10-29(11-9-28)44-13-12-42(2)30(20-39)22-44/h8-11,16-19,21,30,41H,4-7,12-15,20,22-23H2,1-3H3. The number of halogens is 2. The van der Waals surface area contributed by atoms with Gasteiger partial charge in [-0.2, -0.15) is 0 Å². The lowest BCUT2D eigenvalue weighted by atomic mass is 9.97. The first-order chi connectivity index (χ1) is 24.1. The van der Waals surface area contributed by atoms with Crippen LogP contribution in [0.1, 0.15) is 47.1 Å². The molecule has 12 heteroatoms. The number of hydrogen-bond acceptors (Lipinski definition) is 7. The van der Waals surface area contributed by atoms with Gasteiger partial charge < -0.3 is 29.0 Å². The summed E-state index contributed by atoms with van der Waals surface area (Å²) in [6.45, 7) is 3.75. The van der Waals surface area contributed by atoms with Crippen LogP contribution in [0.2, 0.25) is 0 Å². The van der Waals surface area contributed by atoms with Gasteiger partial charge in [0.25, 0.3) is 11.5 Å². The number of ether oxygens (including phenoxy) is 1. The molecule has 1 fully saturated rings. The number of nitrogens with one attached hydrogen (secondary N) is 1. The zero-order chi connectivity index (χ0) is 35.1. The van der Waals surface area contributed by atoms with Crippen LogP contribution in [-0.4, -0.2) is 71.9 Å². The lowest BCUT2D eigenvalue weighted by Gasteiger charge is -2.39. The molecule has 7 rings (SSSR count). The van der Waals surface area contributed by atoms with E-state index < -0.39 is 18.5 Å². The molecule has 2 aromatic heterocycles. The minimum absolute atomic E-state index is 0.161. The van der Waals surface area contributed by atoms with Crippen molar-refractivity contribution in [3.8, 4) is 11.1 Å². The molecule has 1 saturated heterocycles. The normalized spacial score (nSPS) is 17.8. The van der Waals surface area contributed by atoms with Crippen molar-refractivity contribution in [2.24, 2.45) is 7.05 Å². The third-order valence-electron chi connectivity index (χ3n) is 10.3. The van der Waals surface area contributed by atoms with Gasteiger partial charge in [0.1, 0.15) is 30.5 Å². The number of benzene rings is 2. The Morgan fingerprint density at radius 3 is 2.52 bits per heavy atom. The molecule has 1 atom stereocenters. The van der Waals surface area contributed by atoms with Gasteiger partial charge in [-0.05, 0) is 92.4 Å². The van der Waals surface area contributed by atoms with E-state index in [0.717, 1.165) is 44.5 Å².